The van der Waals surface area contributed by atoms with Crippen molar-refractivity contribution in [2.45, 2.75) is 24.9 Å². The minimum Gasteiger partial charge on any atom is -0.468 e. The number of ether oxygens (including phenoxy) is 1. The van der Waals surface area contributed by atoms with Crippen molar-refractivity contribution in [1.29, 1.82) is 0 Å². The van der Waals surface area contributed by atoms with Crippen molar-refractivity contribution in [3.05, 3.63) is 0 Å². The van der Waals surface area contributed by atoms with Crippen LogP contribution in [-0.4, -0.2) is 50.2 Å². The van der Waals surface area contributed by atoms with Crippen LogP contribution < -0.4 is 0 Å². The number of halogens is 5. The number of rotatable bonds is 2. The van der Waals surface area contributed by atoms with Crippen LogP contribution in [0.15, 0.2) is 0 Å². The first kappa shape index (κ1) is 15.1. The van der Waals surface area contributed by atoms with E-state index < -0.39 is 42.9 Å². The molecule has 0 radical (unpaired) electrons. The molecule has 18 heavy (non-hydrogen) atoms. The van der Waals surface area contributed by atoms with Gasteiger partial charge in [-0.15, -0.1) is 0 Å². The number of nitrogens with zero attached hydrogens (tertiary/aromatic N) is 1. The Balaban J connectivity index is 3.15. The van der Waals surface area contributed by atoms with E-state index in [0.29, 0.717) is 0 Å². The van der Waals surface area contributed by atoms with Crippen LogP contribution >= 0.6 is 0 Å². The third kappa shape index (κ3) is 2.73. The first-order valence-corrected chi connectivity index (χ1v) is 5.26. The minimum absolute atomic E-state index is 0.0131. The first-order chi connectivity index (χ1) is 8.04. The maximum atomic E-state index is 13.9. The molecule has 106 valence electrons. The van der Waals surface area contributed by atoms with Gasteiger partial charge in [0.15, 0.2) is 0 Å². The second-order valence-corrected chi connectivity index (χ2v) is 4.56. The maximum absolute atomic E-state index is 13.9. The fraction of sp³-hybridized carbons (Fsp3) is 0.900. The van der Waals surface area contributed by atoms with Crippen LogP contribution in [-0.2, 0) is 9.53 Å². The molecule has 0 aromatic rings. The van der Waals surface area contributed by atoms with Crippen LogP contribution in [0.25, 0.3) is 0 Å². The van der Waals surface area contributed by atoms with Gasteiger partial charge in [0.2, 0.25) is 0 Å². The van der Waals surface area contributed by atoms with Gasteiger partial charge in [0.1, 0.15) is 5.41 Å². The molecule has 1 atom stereocenters. The Morgan fingerprint density at radius 1 is 1.39 bits per heavy atom. The third-order valence-electron chi connectivity index (χ3n) is 3.17. The highest BCUT2D eigenvalue weighted by Crippen LogP contribution is 2.50. The highest BCUT2D eigenvalue weighted by molar-refractivity contribution is 5.78. The molecule has 0 N–H and O–H groups in total. The molecule has 1 fully saturated rings. The summed E-state index contributed by atoms with van der Waals surface area (Å²) >= 11 is 0. The van der Waals surface area contributed by atoms with E-state index in [1.165, 1.54) is 11.9 Å². The average Bonchev–Trinajstić information content (AvgIpc) is 2.18. The van der Waals surface area contributed by atoms with Gasteiger partial charge in [-0.1, -0.05) is 0 Å². The second-order valence-electron chi connectivity index (χ2n) is 4.56. The zero-order chi connectivity index (χ0) is 14.2. The van der Waals surface area contributed by atoms with Gasteiger partial charge in [0, 0.05) is 0 Å². The molecule has 0 bridgehead atoms. The van der Waals surface area contributed by atoms with Crippen molar-refractivity contribution in [2.75, 3.05) is 27.2 Å². The summed E-state index contributed by atoms with van der Waals surface area (Å²) in [4.78, 5) is 12.7. The monoisotopic (exact) mass is 275 g/mol. The summed E-state index contributed by atoms with van der Waals surface area (Å²) in [7, 11) is 2.18. The van der Waals surface area contributed by atoms with Gasteiger partial charge < -0.3 is 9.64 Å². The molecule has 0 spiro atoms. The predicted octanol–water partition coefficient (Wildman–Crippen LogP) is 2.07. The number of hydrogen-bond donors (Lipinski definition) is 0. The van der Waals surface area contributed by atoms with Gasteiger partial charge in [-0.05, 0) is 20.0 Å². The Bertz CT molecular complexity index is 331. The standard InChI is InChI=1S/C10H14F5NO2/c1-16-4-3-8(7(17)18-2,5-10(13,14)15)9(11,12)6-16/h3-6H2,1-2H3. The number of hydrogen-bond acceptors (Lipinski definition) is 3. The lowest BCUT2D eigenvalue weighted by Crippen LogP contribution is -2.60. The molecule has 1 aliphatic rings. The Hall–Kier alpha value is -0.920. The van der Waals surface area contributed by atoms with Crippen molar-refractivity contribution in [3.63, 3.8) is 0 Å². The number of likely N-dealkylation sites (tertiary alicyclic amines) is 1. The number of carbonyl (C=O) groups excluding carboxylic acids is 1. The summed E-state index contributed by atoms with van der Waals surface area (Å²) in [5, 5.41) is 0. The second kappa shape index (κ2) is 4.64. The maximum Gasteiger partial charge on any atom is 0.390 e. The number of esters is 1. The van der Waals surface area contributed by atoms with Crippen LogP contribution in [0.2, 0.25) is 0 Å². The van der Waals surface area contributed by atoms with Gasteiger partial charge >= 0.3 is 12.1 Å². The molecule has 0 aromatic heterocycles. The highest BCUT2D eigenvalue weighted by Gasteiger charge is 2.65. The van der Waals surface area contributed by atoms with Gasteiger partial charge in [-0.25, -0.2) is 8.78 Å². The molecule has 1 rings (SSSR count). The topological polar surface area (TPSA) is 29.5 Å². The Morgan fingerprint density at radius 2 is 1.94 bits per heavy atom. The first-order valence-electron chi connectivity index (χ1n) is 5.26. The molecule has 1 heterocycles. The smallest absolute Gasteiger partial charge is 0.390 e. The summed E-state index contributed by atoms with van der Waals surface area (Å²) in [6.07, 6.45) is -7.30. The van der Waals surface area contributed by atoms with E-state index in [2.05, 4.69) is 4.74 Å². The van der Waals surface area contributed by atoms with Crippen LogP contribution in [0.1, 0.15) is 12.8 Å². The van der Waals surface area contributed by atoms with Gasteiger partial charge in [-0.2, -0.15) is 13.2 Å². The van der Waals surface area contributed by atoms with Crippen molar-refractivity contribution < 1.29 is 31.5 Å². The van der Waals surface area contributed by atoms with E-state index >= 15 is 0 Å². The van der Waals surface area contributed by atoms with Crippen molar-refractivity contribution >= 4 is 5.97 Å². The lowest BCUT2D eigenvalue weighted by molar-refractivity contribution is -0.237. The predicted molar refractivity (Wildman–Crippen MR) is 52.2 cm³/mol. The summed E-state index contributed by atoms with van der Waals surface area (Å²) in [6.45, 7) is -0.904. The molecule has 0 aromatic carbocycles. The van der Waals surface area contributed by atoms with E-state index in [1.54, 1.807) is 0 Å². The molecule has 8 heteroatoms. The molecule has 0 saturated carbocycles. The van der Waals surface area contributed by atoms with Crippen molar-refractivity contribution in [2.24, 2.45) is 5.41 Å². The van der Waals surface area contributed by atoms with E-state index in [9.17, 15) is 26.7 Å². The fourth-order valence-corrected chi connectivity index (χ4v) is 2.21. The number of piperidine rings is 1. The van der Waals surface area contributed by atoms with Gasteiger partial charge in [0.25, 0.3) is 5.92 Å². The van der Waals surface area contributed by atoms with E-state index in [0.717, 1.165) is 7.11 Å². The Labute approximate surface area is 101 Å². The number of alkyl halides is 5. The zero-order valence-electron chi connectivity index (χ0n) is 9.98. The average molecular weight is 275 g/mol. The molecule has 1 saturated heterocycles. The van der Waals surface area contributed by atoms with Crippen LogP contribution in [0.5, 0.6) is 0 Å². The number of carbonyl (C=O) groups is 1. The molecule has 0 aliphatic carbocycles. The van der Waals surface area contributed by atoms with E-state index in [4.69, 9.17) is 0 Å². The molecule has 1 aliphatic heterocycles. The van der Waals surface area contributed by atoms with Crippen LogP contribution in [0, 0.1) is 5.41 Å². The molecule has 1 unspecified atom stereocenters. The number of methoxy groups -OCH3 is 1. The lowest BCUT2D eigenvalue weighted by Gasteiger charge is -2.44. The summed E-state index contributed by atoms with van der Waals surface area (Å²) in [5.74, 6) is -5.28. The summed E-state index contributed by atoms with van der Waals surface area (Å²) < 4.78 is 69.4. The highest BCUT2D eigenvalue weighted by atomic mass is 19.4. The molecular weight excluding hydrogens is 261 g/mol. The summed E-state index contributed by atoms with van der Waals surface area (Å²) in [6, 6.07) is 0. The summed E-state index contributed by atoms with van der Waals surface area (Å²) in [5.41, 5.74) is -2.81. The van der Waals surface area contributed by atoms with Crippen LogP contribution in [0.4, 0.5) is 22.0 Å². The molecular formula is C10H14F5NO2. The Morgan fingerprint density at radius 3 is 2.33 bits per heavy atom. The molecule has 0 amide bonds. The largest absolute Gasteiger partial charge is 0.468 e. The third-order valence-corrected chi connectivity index (χ3v) is 3.17. The SMILES string of the molecule is COC(=O)C1(CC(F)(F)F)CCN(C)CC1(F)F. The van der Waals surface area contributed by atoms with Gasteiger partial charge in [-0.3, -0.25) is 4.79 Å². The fourth-order valence-electron chi connectivity index (χ4n) is 2.21. The van der Waals surface area contributed by atoms with E-state index in [1.807, 2.05) is 0 Å². The lowest BCUT2D eigenvalue weighted by atomic mass is 9.72. The van der Waals surface area contributed by atoms with E-state index in [-0.39, 0.29) is 6.54 Å². The zero-order valence-corrected chi connectivity index (χ0v) is 9.98. The molecule has 3 nitrogen and oxygen atoms in total. The van der Waals surface area contributed by atoms with Crippen molar-refractivity contribution in [1.82, 2.24) is 4.90 Å². The van der Waals surface area contributed by atoms with Gasteiger partial charge in [0.05, 0.1) is 20.1 Å². The minimum atomic E-state index is -4.85. The normalized spacial score (nSPS) is 29.1. The van der Waals surface area contributed by atoms with Crippen LogP contribution in [0.3, 0.4) is 0 Å². The quantitative estimate of drug-likeness (QED) is 0.571. The Kier molecular flexibility index (Phi) is 3.90. The van der Waals surface area contributed by atoms with Crippen molar-refractivity contribution in [3.8, 4) is 0 Å².